The number of hydroxylamine groups is 2. The molecule has 1 aliphatic carbocycles. The van der Waals surface area contributed by atoms with Crippen LogP contribution >= 0.6 is 0 Å². The number of rotatable bonds is 12. The first-order chi connectivity index (χ1) is 19.9. The Bertz CT molecular complexity index is 836. The molecule has 42 heavy (non-hydrogen) atoms. The molecule has 246 valence electrons. The Morgan fingerprint density at radius 1 is 1.05 bits per heavy atom. The van der Waals surface area contributed by atoms with E-state index < -0.39 is 91.7 Å². The van der Waals surface area contributed by atoms with Crippen molar-refractivity contribution >= 4 is 6.03 Å². The van der Waals surface area contributed by atoms with Gasteiger partial charge in [0.05, 0.1) is 50.2 Å². The van der Waals surface area contributed by atoms with Gasteiger partial charge in [-0.05, 0) is 19.3 Å². The fourth-order valence-electron chi connectivity index (χ4n) is 5.84. The minimum Gasteiger partial charge on any atom is -0.395 e. The van der Waals surface area contributed by atoms with Crippen LogP contribution in [-0.2, 0) is 14.2 Å². The molecule has 0 spiro atoms. The molecule has 18 nitrogen and oxygen atoms in total. The van der Waals surface area contributed by atoms with Crippen LogP contribution in [0.15, 0.2) is 0 Å². The van der Waals surface area contributed by atoms with Gasteiger partial charge in [0.1, 0.15) is 24.4 Å². The van der Waals surface area contributed by atoms with Crippen LogP contribution in [0, 0.1) is 5.92 Å². The van der Waals surface area contributed by atoms with Gasteiger partial charge in [0.2, 0.25) is 0 Å². The van der Waals surface area contributed by atoms with Gasteiger partial charge in [-0.1, -0.05) is 0 Å². The van der Waals surface area contributed by atoms with Crippen LogP contribution in [0.4, 0.5) is 4.79 Å². The van der Waals surface area contributed by atoms with E-state index in [1.165, 1.54) is 0 Å². The van der Waals surface area contributed by atoms with Crippen LogP contribution in [0.3, 0.4) is 0 Å². The topological polar surface area (TPSA) is 324 Å². The maximum absolute atomic E-state index is 12.6. The third-order valence-electron chi connectivity index (χ3n) is 8.25. The van der Waals surface area contributed by atoms with Crippen molar-refractivity contribution in [2.75, 3.05) is 39.4 Å². The van der Waals surface area contributed by atoms with Crippen molar-refractivity contribution in [2.24, 2.45) is 34.6 Å². The van der Waals surface area contributed by atoms with Crippen molar-refractivity contribution in [3.8, 4) is 0 Å². The molecular weight excluding hydrogens is 560 g/mol. The summed E-state index contributed by atoms with van der Waals surface area (Å²) in [5.74, 6) is -0.788. The van der Waals surface area contributed by atoms with Gasteiger partial charge in [0, 0.05) is 43.7 Å². The Hall–Kier alpha value is -1.33. The maximum atomic E-state index is 12.6. The summed E-state index contributed by atoms with van der Waals surface area (Å²) < 4.78 is 17.9. The monoisotopic (exact) mass is 610 g/mol. The molecule has 2 heterocycles. The van der Waals surface area contributed by atoms with E-state index in [4.69, 9.17) is 48.0 Å². The molecule has 2 aliphatic heterocycles. The van der Waals surface area contributed by atoms with Crippen molar-refractivity contribution in [3.63, 3.8) is 0 Å². The standard InChI is InChI=1S/C24H50N8O10/c25-3-4-32(39)24(38)31-14-5-13(28)16(21-12(27)2-1-11(40-21)7-30-6-10(26)8-33)19(36)22(14)42-23-20(37)17(29)18(35)15(9-34)41-23/h10-23,30,33-37,39H,1-9,25-29H2,(H,31,38). The third kappa shape index (κ3) is 8.43. The highest BCUT2D eigenvalue weighted by molar-refractivity contribution is 5.73. The fourth-order valence-corrected chi connectivity index (χ4v) is 5.84. The molecule has 3 rings (SSSR count). The Labute approximate surface area is 244 Å². The van der Waals surface area contributed by atoms with Gasteiger partial charge >= 0.3 is 6.03 Å². The van der Waals surface area contributed by atoms with E-state index in [1.54, 1.807) is 0 Å². The molecule has 3 aliphatic rings. The van der Waals surface area contributed by atoms with Gasteiger partial charge in [-0.25, -0.2) is 9.86 Å². The summed E-state index contributed by atoms with van der Waals surface area (Å²) >= 11 is 0. The maximum Gasteiger partial charge on any atom is 0.341 e. The van der Waals surface area contributed by atoms with Crippen molar-refractivity contribution in [2.45, 2.75) is 98.5 Å². The average molecular weight is 611 g/mol. The number of nitrogens with zero attached hydrogens (tertiary/aromatic N) is 1. The summed E-state index contributed by atoms with van der Waals surface area (Å²) in [7, 11) is 0. The molecule has 18 N–H and O–H groups in total. The molecule has 0 aromatic carbocycles. The first-order valence-corrected chi connectivity index (χ1v) is 14.4. The third-order valence-corrected chi connectivity index (χ3v) is 8.25. The lowest BCUT2D eigenvalue weighted by molar-refractivity contribution is -0.306. The molecule has 18 heteroatoms. The molecule has 0 aromatic rings. The first kappa shape index (κ1) is 35.2. The van der Waals surface area contributed by atoms with E-state index >= 15 is 0 Å². The first-order valence-electron chi connectivity index (χ1n) is 14.4. The van der Waals surface area contributed by atoms with Crippen LogP contribution in [-0.4, -0.2) is 160 Å². The Morgan fingerprint density at radius 2 is 1.76 bits per heavy atom. The molecule has 1 saturated carbocycles. The number of ether oxygens (including phenoxy) is 3. The molecule has 14 atom stereocenters. The minimum absolute atomic E-state index is 0.0114. The normalized spacial score (nSPS) is 41.7. The number of amides is 2. The molecule has 3 fully saturated rings. The van der Waals surface area contributed by atoms with Gasteiger partial charge < -0.3 is 79.0 Å². The number of urea groups is 1. The highest BCUT2D eigenvalue weighted by Crippen LogP contribution is 2.36. The lowest BCUT2D eigenvalue weighted by Crippen LogP contribution is -2.69. The van der Waals surface area contributed by atoms with Gasteiger partial charge in [-0.15, -0.1) is 0 Å². The van der Waals surface area contributed by atoms with Crippen LogP contribution in [0.25, 0.3) is 0 Å². The largest absolute Gasteiger partial charge is 0.395 e. The van der Waals surface area contributed by atoms with E-state index in [9.17, 15) is 30.4 Å². The highest BCUT2D eigenvalue weighted by Gasteiger charge is 2.53. The number of hydrogen-bond donors (Lipinski definition) is 13. The number of nitrogens with two attached hydrogens (primary N) is 5. The predicted molar refractivity (Wildman–Crippen MR) is 146 cm³/mol. The Morgan fingerprint density at radius 3 is 2.40 bits per heavy atom. The summed E-state index contributed by atoms with van der Waals surface area (Å²) in [6.45, 7) is -0.174. The molecule has 14 unspecified atom stereocenters. The smallest absolute Gasteiger partial charge is 0.341 e. The fraction of sp³-hybridized carbons (Fsp3) is 0.958. The number of nitrogens with one attached hydrogen (secondary N) is 2. The summed E-state index contributed by atoms with van der Waals surface area (Å²) in [4.78, 5) is 12.6. The average Bonchev–Trinajstić information content (AvgIpc) is 2.96. The van der Waals surface area contributed by atoms with Crippen molar-refractivity contribution in [3.05, 3.63) is 0 Å². The summed E-state index contributed by atoms with van der Waals surface area (Å²) in [6.07, 6.45) is -8.07. The van der Waals surface area contributed by atoms with Crippen LogP contribution in [0.5, 0.6) is 0 Å². The summed E-state index contributed by atoms with van der Waals surface area (Å²) in [5, 5.41) is 67.5. The van der Waals surface area contributed by atoms with Crippen molar-refractivity contribution in [1.29, 1.82) is 0 Å². The molecule has 0 bridgehead atoms. The van der Waals surface area contributed by atoms with Gasteiger partial charge in [-0.3, -0.25) is 5.21 Å². The van der Waals surface area contributed by atoms with Gasteiger partial charge in [-0.2, -0.15) is 0 Å². The number of aliphatic hydroxyl groups excluding tert-OH is 5. The molecule has 2 amide bonds. The zero-order chi connectivity index (χ0) is 31.1. The zero-order valence-electron chi connectivity index (χ0n) is 23.6. The van der Waals surface area contributed by atoms with Crippen molar-refractivity contribution < 1.29 is 49.7 Å². The molecular formula is C24H50N8O10. The Balaban J connectivity index is 1.82. The number of carbonyl (C=O) groups is 1. The number of hydrogen-bond acceptors (Lipinski definition) is 16. The number of carbonyl (C=O) groups excluding carboxylic acids is 1. The summed E-state index contributed by atoms with van der Waals surface area (Å²) in [5.41, 5.74) is 30.1. The SMILES string of the molecule is NCCN(O)C(=O)NC1CC(N)C(C2OC(CNCC(N)CO)CCC2N)C(O)C1OC1OC(CO)C(O)C(N)C1O. The Kier molecular flexibility index (Phi) is 13.5. The van der Waals surface area contributed by atoms with E-state index in [2.05, 4.69) is 10.6 Å². The lowest BCUT2D eigenvalue weighted by Gasteiger charge is -2.51. The van der Waals surface area contributed by atoms with E-state index in [0.29, 0.717) is 31.0 Å². The van der Waals surface area contributed by atoms with Crippen molar-refractivity contribution in [1.82, 2.24) is 15.7 Å². The quantitative estimate of drug-likeness (QED) is 0.0721. The van der Waals surface area contributed by atoms with E-state index in [-0.39, 0.29) is 32.2 Å². The van der Waals surface area contributed by atoms with E-state index in [1.807, 2.05) is 0 Å². The van der Waals surface area contributed by atoms with Gasteiger partial charge in [0.15, 0.2) is 6.29 Å². The second-order valence-electron chi connectivity index (χ2n) is 11.4. The second kappa shape index (κ2) is 16.1. The number of aliphatic hydroxyl groups is 5. The van der Waals surface area contributed by atoms with Crippen LogP contribution < -0.4 is 39.3 Å². The van der Waals surface area contributed by atoms with Crippen LogP contribution in [0.2, 0.25) is 0 Å². The summed E-state index contributed by atoms with van der Waals surface area (Å²) in [6, 6.07) is -4.82. The van der Waals surface area contributed by atoms with E-state index in [0.717, 1.165) is 0 Å². The lowest BCUT2D eigenvalue weighted by atomic mass is 9.72. The second-order valence-corrected chi connectivity index (χ2v) is 11.4. The highest BCUT2D eigenvalue weighted by atomic mass is 16.7. The zero-order valence-corrected chi connectivity index (χ0v) is 23.6. The molecule has 0 radical (unpaired) electrons. The minimum atomic E-state index is -1.55. The predicted octanol–water partition coefficient (Wildman–Crippen LogP) is -6.64. The van der Waals surface area contributed by atoms with Gasteiger partial charge in [0.25, 0.3) is 0 Å². The molecule has 2 saturated heterocycles. The molecule has 0 aromatic heterocycles. The van der Waals surface area contributed by atoms with Crippen LogP contribution in [0.1, 0.15) is 19.3 Å².